The molecule has 4 N–H and O–H groups in total. The zero-order chi connectivity index (χ0) is 47.6. The molecule has 362 valence electrons. The zero-order valence-electron chi connectivity index (χ0n) is 37.9. The highest BCUT2D eigenvalue weighted by Gasteiger charge is 2.45. The first-order valence-electron chi connectivity index (χ1n) is 21.8. The van der Waals surface area contributed by atoms with Crippen molar-refractivity contribution in [2.45, 2.75) is 90.3 Å². The van der Waals surface area contributed by atoms with Crippen LogP contribution in [0.25, 0.3) is 0 Å². The smallest absolute Gasteiger partial charge is 0.491 e. The second kappa shape index (κ2) is 25.7. The minimum absolute atomic E-state index is 0.0245. The first-order chi connectivity index (χ1) is 30.9. The van der Waals surface area contributed by atoms with Crippen LogP contribution in [0.15, 0.2) is 42.5 Å². The van der Waals surface area contributed by atoms with Crippen LogP contribution in [-0.2, 0) is 67.0 Å². The molecule has 2 aromatic carbocycles. The highest BCUT2D eigenvalue weighted by molar-refractivity contribution is 5.95. The van der Waals surface area contributed by atoms with Crippen molar-refractivity contribution >= 4 is 29.8 Å². The van der Waals surface area contributed by atoms with Crippen LogP contribution >= 0.6 is 0 Å². The maximum Gasteiger partial charge on any atom is 0.491 e. The average molecular weight is 924 g/mol. The van der Waals surface area contributed by atoms with Crippen molar-refractivity contribution in [1.29, 1.82) is 0 Å². The molecule has 20 heteroatoms. The molecule has 4 rings (SSSR count). The summed E-state index contributed by atoms with van der Waals surface area (Å²) < 4.78 is 75.5. The minimum atomic E-state index is -5.44. The Hall–Kier alpha value is -4.86. The highest BCUT2D eigenvalue weighted by atomic mass is 19.4. The van der Waals surface area contributed by atoms with Gasteiger partial charge in [-0.1, -0.05) is 51.1 Å². The molecule has 0 spiro atoms. The third-order valence-corrected chi connectivity index (χ3v) is 10.9. The summed E-state index contributed by atoms with van der Waals surface area (Å²) in [7, 11) is 0.984. The summed E-state index contributed by atoms with van der Waals surface area (Å²) in [6.07, 6.45) is -4.54. The van der Waals surface area contributed by atoms with E-state index in [-0.39, 0.29) is 38.1 Å². The normalized spacial score (nSPS) is 17.0. The number of hydrogen-bond acceptors (Lipinski definition) is 13. The number of ether oxygens (including phenoxy) is 7. The second-order valence-electron chi connectivity index (χ2n) is 16.7. The number of carbonyl (C=O) groups is 5. The summed E-state index contributed by atoms with van der Waals surface area (Å²) in [5.74, 6) is -4.12. The number of amides is 4. The van der Waals surface area contributed by atoms with Gasteiger partial charge in [0, 0.05) is 26.6 Å². The SMILES string of the molecule is C[C@@H](C(=O)N[C@H](C(=O)N1Cc2cc(OCCOCCOCCOCCOCCOCCN)ccc2C[C@H]1C(=O)N[C@@H]1CCCc2ccccc21)C(C)(C)C)N(C)C(=O)OC(=O)C(F)(F)F. The maximum atomic E-state index is 14.8. The molecule has 0 radical (unpaired) electrons. The van der Waals surface area contributed by atoms with Crippen molar-refractivity contribution < 1.29 is 70.3 Å². The van der Waals surface area contributed by atoms with Crippen LogP contribution in [-0.4, -0.2) is 150 Å². The predicted molar refractivity (Wildman–Crippen MR) is 230 cm³/mol. The fourth-order valence-corrected chi connectivity index (χ4v) is 7.19. The first-order valence-corrected chi connectivity index (χ1v) is 21.8. The van der Waals surface area contributed by atoms with E-state index in [2.05, 4.69) is 15.4 Å². The van der Waals surface area contributed by atoms with E-state index in [9.17, 15) is 37.1 Å². The third kappa shape index (κ3) is 16.5. The Kier molecular flexibility index (Phi) is 20.9. The van der Waals surface area contributed by atoms with E-state index >= 15 is 0 Å². The highest BCUT2D eigenvalue weighted by Crippen LogP contribution is 2.33. The van der Waals surface area contributed by atoms with Gasteiger partial charge in [0.15, 0.2) is 0 Å². The van der Waals surface area contributed by atoms with Gasteiger partial charge in [-0.15, -0.1) is 0 Å². The lowest BCUT2D eigenvalue weighted by Gasteiger charge is -2.42. The van der Waals surface area contributed by atoms with Gasteiger partial charge in [0.05, 0.1) is 72.1 Å². The fraction of sp³-hybridized carbons (Fsp3) is 0.622. The zero-order valence-corrected chi connectivity index (χ0v) is 37.9. The standard InChI is InChI=1S/C45H64F3N5O12/c1-30(52(5)43(58)65-42(57)45(46,47)48)39(54)51-38(44(2,3)4)41(56)53-29-33-27-34(64-26-25-63-24-23-62-22-21-61-20-19-60-18-17-59-16-15-49)14-13-32(33)28-37(53)40(55)50-36-12-8-10-31-9-6-7-11-35(31)36/h6-7,9,11,13-14,27,30,36-38H,8,10,12,15-26,28-29,49H2,1-5H3,(H,50,55)(H,51,54)/t30-,36+,37-,38+/m0/s1. The molecular formula is C45H64F3N5O12. The molecule has 0 aromatic heterocycles. The Bertz CT molecular complexity index is 1880. The van der Waals surface area contributed by atoms with Crippen molar-refractivity contribution in [2.24, 2.45) is 11.1 Å². The molecule has 4 amide bonds. The lowest BCUT2D eigenvalue weighted by atomic mass is 9.83. The van der Waals surface area contributed by atoms with Crippen molar-refractivity contribution in [3.63, 3.8) is 0 Å². The molecule has 2 aromatic rings. The number of alkyl halides is 3. The van der Waals surface area contributed by atoms with Gasteiger partial charge in [0.1, 0.15) is 30.5 Å². The number of fused-ring (bicyclic) bond motifs is 2. The number of aryl methyl sites for hydroxylation is 1. The number of rotatable bonds is 24. The molecule has 1 aliphatic carbocycles. The van der Waals surface area contributed by atoms with Gasteiger partial charge in [0.2, 0.25) is 17.7 Å². The second-order valence-corrected chi connectivity index (χ2v) is 16.7. The molecule has 17 nitrogen and oxygen atoms in total. The number of carbonyl (C=O) groups excluding carboxylic acids is 5. The third-order valence-electron chi connectivity index (χ3n) is 10.9. The average Bonchev–Trinajstić information content (AvgIpc) is 3.27. The Labute approximate surface area is 378 Å². The van der Waals surface area contributed by atoms with Crippen molar-refractivity contribution in [3.05, 3.63) is 64.7 Å². The molecule has 1 aliphatic heterocycles. The topological polar surface area (TPSA) is 207 Å². The molecule has 0 bridgehead atoms. The number of hydrogen-bond donors (Lipinski definition) is 3. The van der Waals surface area contributed by atoms with Crippen LogP contribution in [0.1, 0.15) is 68.8 Å². The summed E-state index contributed by atoms with van der Waals surface area (Å²) in [5.41, 5.74) is 8.08. The number of nitrogens with zero attached hydrogens (tertiary/aromatic N) is 2. The van der Waals surface area contributed by atoms with Crippen LogP contribution in [0.5, 0.6) is 5.75 Å². The van der Waals surface area contributed by atoms with E-state index in [1.807, 2.05) is 30.3 Å². The summed E-state index contributed by atoms with van der Waals surface area (Å²) in [5, 5.41) is 5.84. The Morgan fingerprint density at radius 3 is 1.98 bits per heavy atom. The number of esters is 1. The number of benzene rings is 2. The van der Waals surface area contributed by atoms with E-state index in [1.165, 1.54) is 11.8 Å². The Morgan fingerprint density at radius 1 is 0.815 bits per heavy atom. The molecular weight excluding hydrogens is 860 g/mol. The molecule has 0 unspecified atom stereocenters. The monoisotopic (exact) mass is 923 g/mol. The largest absolute Gasteiger partial charge is 0.491 e. The van der Waals surface area contributed by atoms with Crippen LogP contribution in [0.4, 0.5) is 18.0 Å². The van der Waals surface area contributed by atoms with Gasteiger partial charge in [-0.2, -0.15) is 13.2 Å². The van der Waals surface area contributed by atoms with Crippen LogP contribution in [0, 0.1) is 5.41 Å². The molecule has 0 saturated carbocycles. The van der Waals surface area contributed by atoms with E-state index in [4.69, 9.17) is 34.2 Å². The van der Waals surface area contributed by atoms with E-state index in [0.29, 0.717) is 88.6 Å². The number of halogens is 3. The summed E-state index contributed by atoms with van der Waals surface area (Å²) in [6.45, 7) is 11.1. The summed E-state index contributed by atoms with van der Waals surface area (Å²) in [4.78, 5) is 68.3. The van der Waals surface area contributed by atoms with Crippen LogP contribution in [0.3, 0.4) is 0 Å². The van der Waals surface area contributed by atoms with Crippen molar-refractivity contribution in [3.8, 4) is 5.75 Å². The first kappa shape index (κ1) is 52.8. The van der Waals surface area contributed by atoms with Gasteiger partial charge in [-0.3, -0.25) is 19.3 Å². The van der Waals surface area contributed by atoms with Crippen LogP contribution in [0.2, 0.25) is 0 Å². The molecule has 1 heterocycles. The Balaban J connectivity index is 1.39. The van der Waals surface area contributed by atoms with Gasteiger partial charge in [-0.05, 0) is 66.0 Å². The number of nitrogens with two attached hydrogens (primary N) is 1. The van der Waals surface area contributed by atoms with E-state index < -0.39 is 53.6 Å². The lowest BCUT2D eigenvalue weighted by Crippen LogP contribution is -2.62. The molecule has 4 atom stereocenters. The molecule has 65 heavy (non-hydrogen) atoms. The van der Waals surface area contributed by atoms with Gasteiger partial charge >= 0.3 is 18.2 Å². The molecule has 2 aliphatic rings. The quantitative estimate of drug-likeness (QED) is 0.0783. The molecule has 0 saturated heterocycles. The molecule has 0 fully saturated rings. The maximum absolute atomic E-state index is 14.8. The fourth-order valence-electron chi connectivity index (χ4n) is 7.19. The van der Waals surface area contributed by atoms with E-state index in [1.54, 1.807) is 32.9 Å². The lowest BCUT2D eigenvalue weighted by molar-refractivity contribution is -0.193. The van der Waals surface area contributed by atoms with Gasteiger partial charge in [-0.25, -0.2) is 9.59 Å². The van der Waals surface area contributed by atoms with Crippen molar-refractivity contribution in [2.75, 3.05) is 86.3 Å². The Morgan fingerprint density at radius 2 is 1.40 bits per heavy atom. The minimum Gasteiger partial charge on any atom is -0.491 e. The van der Waals surface area contributed by atoms with Crippen molar-refractivity contribution in [1.82, 2.24) is 20.4 Å². The van der Waals surface area contributed by atoms with Gasteiger partial charge < -0.3 is 54.4 Å². The van der Waals surface area contributed by atoms with Gasteiger partial charge in [0.25, 0.3) is 0 Å². The summed E-state index contributed by atoms with van der Waals surface area (Å²) >= 11 is 0. The number of nitrogens with one attached hydrogen (secondary N) is 2. The number of likely N-dealkylation sites (N-methyl/N-ethyl adjacent to an activating group) is 1. The van der Waals surface area contributed by atoms with E-state index in [0.717, 1.165) is 36.6 Å². The summed E-state index contributed by atoms with van der Waals surface area (Å²) in [6, 6.07) is 9.30. The van der Waals surface area contributed by atoms with Crippen LogP contribution < -0.4 is 21.1 Å². The predicted octanol–water partition coefficient (Wildman–Crippen LogP) is 3.63.